The summed E-state index contributed by atoms with van der Waals surface area (Å²) in [5.74, 6) is 1.67. The van der Waals surface area contributed by atoms with E-state index in [1.54, 1.807) is 0 Å². The standard InChI is InChI=1S/C19H31N/c1-16(19(2,3)4)20(15-18-12-13-18)14-8-11-17-9-6-5-7-10-17/h5-6,8,11,17-18H,1,7,9-10,12-15H2,2-4H3/b11-8-. The van der Waals surface area contributed by atoms with Gasteiger partial charge >= 0.3 is 0 Å². The van der Waals surface area contributed by atoms with Gasteiger partial charge in [-0.2, -0.15) is 0 Å². The van der Waals surface area contributed by atoms with Crippen LogP contribution >= 0.6 is 0 Å². The number of hydrogen-bond donors (Lipinski definition) is 0. The minimum atomic E-state index is 0.177. The van der Waals surface area contributed by atoms with Gasteiger partial charge in [-0.1, -0.05) is 51.7 Å². The highest BCUT2D eigenvalue weighted by molar-refractivity contribution is 5.08. The van der Waals surface area contributed by atoms with Crippen LogP contribution in [0, 0.1) is 17.3 Å². The van der Waals surface area contributed by atoms with Crippen LogP contribution in [-0.4, -0.2) is 18.0 Å². The van der Waals surface area contributed by atoms with Crippen molar-refractivity contribution in [3.05, 3.63) is 36.6 Å². The zero-order valence-electron chi connectivity index (χ0n) is 13.6. The van der Waals surface area contributed by atoms with E-state index in [9.17, 15) is 0 Å². The first kappa shape index (κ1) is 15.4. The second-order valence-corrected chi connectivity index (χ2v) is 7.52. The second-order valence-electron chi connectivity index (χ2n) is 7.52. The average molecular weight is 273 g/mol. The molecule has 1 heteroatoms. The van der Waals surface area contributed by atoms with Crippen molar-refractivity contribution in [2.45, 2.75) is 52.9 Å². The molecule has 0 bridgehead atoms. The zero-order valence-corrected chi connectivity index (χ0v) is 13.6. The van der Waals surface area contributed by atoms with Gasteiger partial charge in [-0.3, -0.25) is 0 Å². The Morgan fingerprint density at radius 3 is 2.55 bits per heavy atom. The molecule has 1 unspecified atom stereocenters. The number of hydrogen-bond acceptors (Lipinski definition) is 1. The predicted molar refractivity (Wildman–Crippen MR) is 88.5 cm³/mol. The maximum absolute atomic E-state index is 4.35. The van der Waals surface area contributed by atoms with E-state index in [0.717, 1.165) is 18.4 Å². The van der Waals surface area contributed by atoms with Crippen molar-refractivity contribution in [3.63, 3.8) is 0 Å². The Bertz CT molecular complexity index is 379. The summed E-state index contributed by atoms with van der Waals surface area (Å²) in [6.45, 7) is 13.4. The lowest BCUT2D eigenvalue weighted by Gasteiger charge is -2.34. The van der Waals surface area contributed by atoms with Crippen LogP contribution in [0.15, 0.2) is 36.6 Å². The SMILES string of the molecule is C=C(N(C/C=C\C1CC=CCC1)CC1CC1)C(C)(C)C. The predicted octanol–water partition coefficient (Wildman–Crippen LogP) is 5.17. The van der Waals surface area contributed by atoms with Crippen molar-refractivity contribution < 1.29 is 0 Å². The monoisotopic (exact) mass is 273 g/mol. The van der Waals surface area contributed by atoms with Gasteiger partial charge in [0.05, 0.1) is 0 Å². The van der Waals surface area contributed by atoms with Crippen LogP contribution in [0.4, 0.5) is 0 Å². The molecule has 1 saturated carbocycles. The van der Waals surface area contributed by atoms with Crippen LogP contribution in [0.3, 0.4) is 0 Å². The fourth-order valence-corrected chi connectivity index (χ4v) is 2.75. The van der Waals surface area contributed by atoms with E-state index in [1.807, 2.05) is 0 Å². The van der Waals surface area contributed by atoms with Gasteiger partial charge in [-0.15, -0.1) is 0 Å². The molecule has 20 heavy (non-hydrogen) atoms. The second kappa shape index (κ2) is 6.65. The van der Waals surface area contributed by atoms with Gasteiger partial charge in [0.1, 0.15) is 0 Å². The minimum Gasteiger partial charge on any atom is -0.371 e. The molecule has 0 radical (unpaired) electrons. The molecule has 2 aliphatic carbocycles. The highest BCUT2D eigenvalue weighted by Crippen LogP contribution is 2.34. The molecular weight excluding hydrogens is 242 g/mol. The molecule has 1 atom stereocenters. The lowest BCUT2D eigenvalue weighted by atomic mass is 9.91. The molecule has 0 spiro atoms. The van der Waals surface area contributed by atoms with E-state index < -0.39 is 0 Å². The first-order chi connectivity index (χ1) is 9.47. The summed E-state index contributed by atoms with van der Waals surface area (Å²) in [5.41, 5.74) is 1.47. The van der Waals surface area contributed by atoms with Crippen LogP contribution in [0.25, 0.3) is 0 Å². The molecule has 2 rings (SSSR count). The normalized spacial score (nSPS) is 23.2. The Labute approximate surface area is 125 Å². The lowest BCUT2D eigenvalue weighted by molar-refractivity contribution is 0.280. The van der Waals surface area contributed by atoms with Crippen molar-refractivity contribution in [1.82, 2.24) is 4.90 Å². The Morgan fingerprint density at radius 1 is 1.25 bits per heavy atom. The highest BCUT2D eigenvalue weighted by Gasteiger charge is 2.27. The molecule has 0 aromatic rings. The first-order valence-electron chi connectivity index (χ1n) is 8.23. The Kier molecular flexibility index (Phi) is 5.12. The molecule has 1 nitrogen and oxygen atoms in total. The Morgan fingerprint density at radius 2 is 2.00 bits per heavy atom. The van der Waals surface area contributed by atoms with Crippen molar-refractivity contribution in [3.8, 4) is 0 Å². The van der Waals surface area contributed by atoms with Crippen molar-refractivity contribution in [2.75, 3.05) is 13.1 Å². The third kappa shape index (κ3) is 4.85. The maximum Gasteiger partial charge on any atom is 0.0356 e. The summed E-state index contributed by atoms with van der Waals surface area (Å²) in [6.07, 6.45) is 16.0. The summed E-state index contributed by atoms with van der Waals surface area (Å²) in [6, 6.07) is 0. The topological polar surface area (TPSA) is 3.24 Å². The molecule has 0 N–H and O–H groups in total. The van der Waals surface area contributed by atoms with E-state index in [0.29, 0.717) is 0 Å². The van der Waals surface area contributed by atoms with Crippen LogP contribution in [0.5, 0.6) is 0 Å². The molecule has 0 amide bonds. The van der Waals surface area contributed by atoms with E-state index in [2.05, 4.69) is 56.6 Å². The van der Waals surface area contributed by atoms with Crippen LogP contribution in [-0.2, 0) is 0 Å². The average Bonchev–Trinajstić information content (AvgIpc) is 3.21. The maximum atomic E-state index is 4.35. The van der Waals surface area contributed by atoms with E-state index in [1.165, 1.54) is 44.3 Å². The molecular formula is C19H31N. The smallest absolute Gasteiger partial charge is 0.0356 e. The lowest BCUT2D eigenvalue weighted by Crippen LogP contribution is -2.31. The first-order valence-corrected chi connectivity index (χ1v) is 8.23. The van der Waals surface area contributed by atoms with Gasteiger partial charge in [0.15, 0.2) is 0 Å². The Balaban J connectivity index is 1.88. The molecule has 0 aromatic carbocycles. The summed E-state index contributed by atoms with van der Waals surface area (Å²) in [4.78, 5) is 2.51. The van der Waals surface area contributed by atoms with Gasteiger partial charge in [-0.05, 0) is 43.9 Å². The minimum absolute atomic E-state index is 0.177. The van der Waals surface area contributed by atoms with E-state index in [4.69, 9.17) is 0 Å². The molecule has 0 saturated heterocycles. The molecule has 1 fully saturated rings. The number of rotatable bonds is 6. The summed E-state index contributed by atoms with van der Waals surface area (Å²) in [7, 11) is 0. The fourth-order valence-electron chi connectivity index (χ4n) is 2.75. The van der Waals surface area contributed by atoms with E-state index in [-0.39, 0.29) is 5.41 Å². The third-order valence-corrected chi connectivity index (χ3v) is 4.47. The van der Waals surface area contributed by atoms with Crippen molar-refractivity contribution >= 4 is 0 Å². The molecule has 2 aliphatic rings. The highest BCUT2D eigenvalue weighted by atomic mass is 15.1. The summed E-state index contributed by atoms with van der Waals surface area (Å²) >= 11 is 0. The molecule has 0 heterocycles. The molecule has 112 valence electrons. The van der Waals surface area contributed by atoms with Gasteiger partial charge in [0, 0.05) is 24.2 Å². The summed E-state index contributed by atoms with van der Waals surface area (Å²) in [5, 5.41) is 0. The van der Waals surface area contributed by atoms with Crippen LogP contribution < -0.4 is 0 Å². The van der Waals surface area contributed by atoms with Crippen LogP contribution in [0.2, 0.25) is 0 Å². The van der Waals surface area contributed by atoms with Gasteiger partial charge in [0.25, 0.3) is 0 Å². The third-order valence-electron chi connectivity index (χ3n) is 4.47. The van der Waals surface area contributed by atoms with Crippen molar-refractivity contribution in [2.24, 2.45) is 17.3 Å². The quantitative estimate of drug-likeness (QED) is 0.603. The largest absolute Gasteiger partial charge is 0.371 e. The van der Waals surface area contributed by atoms with Gasteiger partial charge in [-0.25, -0.2) is 0 Å². The van der Waals surface area contributed by atoms with Crippen LogP contribution in [0.1, 0.15) is 52.9 Å². The molecule has 0 aromatic heterocycles. The zero-order chi connectivity index (χ0) is 14.6. The number of allylic oxidation sites excluding steroid dienone is 4. The van der Waals surface area contributed by atoms with Crippen molar-refractivity contribution in [1.29, 1.82) is 0 Å². The fraction of sp³-hybridized carbons (Fsp3) is 0.684. The Hall–Kier alpha value is -0.980. The molecule has 0 aliphatic heterocycles. The number of nitrogens with zero attached hydrogens (tertiary/aromatic N) is 1. The summed E-state index contributed by atoms with van der Waals surface area (Å²) < 4.78 is 0. The van der Waals surface area contributed by atoms with Gasteiger partial charge in [0.2, 0.25) is 0 Å². The van der Waals surface area contributed by atoms with Gasteiger partial charge < -0.3 is 4.90 Å². The van der Waals surface area contributed by atoms with E-state index >= 15 is 0 Å².